The van der Waals surface area contributed by atoms with E-state index in [1.54, 1.807) is 0 Å². The predicted octanol–water partition coefficient (Wildman–Crippen LogP) is 6.51. The Hall–Kier alpha value is -4.38. The largest absolute Gasteiger partial charge is 0.480 e. The topological polar surface area (TPSA) is 78.0 Å². The van der Waals surface area contributed by atoms with Gasteiger partial charge >= 0.3 is 5.97 Å². The molecule has 0 spiro atoms. The zero-order valence-electron chi connectivity index (χ0n) is 18.6. The molecule has 4 aromatic rings. The average Bonchev–Trinajstić information content (AvgIpc) is 3.34. The number of nitrogens with zero attached hydrogens (tertiary/aromatic N) is 1. The number of imidazole rings is 1. The van der Waals surface area contributed by atoms with Gasteiger partial charge in [-0.25, -0.2) is 4.98 Å². The van der Waals surface area contributed by atoms with Crippen LogP contribution < -0.4 is 5.32 Å². The molecule has 0 bridgehead atoms. The number of nitrogens with one attached hydrogen (secondary N) is 2. The smallest absolute Gasteiger partial charge is 0.322 e. The molecule has 3 N–H and O–H groups in total. The Bertz CT molecular complexity index is 1370. The van der Waals surface area contributed by atoms with Crippen LogP contribution in [0.3, 0.4) is 0 Å². The van der Waals surface area contributed by atoms with Gasteiger partial charge in [0, 0.05) is 22.7 Å². The highest BCUT2D eigenvalue weighted by molar-refractivity contribution is 5.83. The minimum Gasteiger partial charge on any atom is -0.480 e. The maximum Gasteiger partial charge on any atom is 0.322 e. The number of carboxylic acids is 1. The van der Waals surface area contributed by atoms with Gasteiger partial charge < -0.3 is 15.4 Å². The molecule has 5 heteroatoms. The number of hydrogen-bond acceptors (Lipinski definition) is 3. The fraction of sp³-hybridized carbons (Fsp3) is 0.103. The Morgan fingerprint density at radius 2 is 1.71 bits per heavy atom. The lowest BCUT2D eigenvalue weighted by molar-refractivity contribution is -0.134. The molecule has 1 aromatic heterocycles. The number of benzene rings is 3. The van der Waals surface area contributed by atoms with Crippen LogP contribution in [0, 0.1) is 0 Å². The third-order valence-corrected chi connectivity index (χ3v) is 5.93. The van der Waals surface area contributed by atoms with Crippen LogP contribution in [0.1, 0.15) is 18.0 Å². The Labute approximate surface area is 198 Å². The van der Waals surface area contributed by atoms with Crippen LogP contribution in [0.4, 0.5) is 5.69 Å². The van der Waals surface area contributed by atoms with E-state index >= 15 is 0 Å². The van der Waals surface area contributed by atoms with E-state index in [9.17, 15) is 4.79 Å². The molecule has 1 atom stereocenters. The molecular weight excluding hydrogens is 422 g/mol. The first kappa shape index (κ1) is 21.5. The summed E-state index contributed by atoms with van der Waals surface area (Å²) < 4.78 is 0. The van der Waals surface area contributed by atoms with Gasteiger partial charge in [0.05, 0.1) is 11.4 Å². The monoisotopic (exact) mass is 447 g/mol. The Balaban J connectivity index is 1.59. The molecule has 1 unspecified atom stereocenters. The van der Waals surface area contributed by atoms with Crippen LogP contribution in [0.5, 0.6) is 0 Å². The third kappa shape index (κ3) is 4.55. The third-order valence-electron chi connectivity index (χ3n) is 5.93. The molecule has 168 valence electrons. The summed E-state index contributed by atoms with van der Waals surface area (Å²) in [7, 11) is 0. The number of hydrogen-bond donors (Lipinski definition) is 3. The fourth-order valence-corrected chi connectivity index (χ4v) is 4.31. The molecule has 0 saturated heterocycles. The number of rotatable bonds is 7. The van der Waals surface area contributed by atoms with Crippen molar-refractivity contribution < 1.29 is 9.90 Å². The lowest BCUT2D eigenvalue weighted by atomic mass is 9.94. The molecule has 1 aliphatic carbocycles. The second-order valence-corrected chi connectivity index (χ2v) is 8.24. The molecule has 5 nitrogen and oxygen atoms in total. The molecular formula is C29H25N3O2. The van der Waals surface area contributed by atoms with Crippen molar-refractivity contribution in [1.29, 1.82) is 0 Å². The standard InChI is InChI=1S/C29H25N3O2/c33-26(34)19-30-23-15-9-14-22(18-23)24-16-7-8-17-25(24)29-31-27(20-10-3-1-4-11-20)28(32-29)21-12-5-2-6-13-21/h1-12,14-18,21,30H,13,19H2,(H,31,32)(H,33,34). The van der Waals surface area contributed by atoms with E-state index in [2.05, 4.69) is 58.9 Å². The summed E-state index contributed by atoms with van der Waals surface area (Å²) in [5, 5.41) is 12.0. The van der Waals surface area contributed by atoms with Crippen molar-refractivity contribution in [3.05, 3.63) is 109 Å². The van der Waals surface area contributed by atoms with Gasteiger partial charge in [0.1, 0.15) is 12.4 Å². The zero-order chi connectivity index (χ0) is 23.3. The molecule has 1 heterocycles. The second kappa shape index (κ2) is 9.63. The molecule has 0 saturated carbocycles. The summed E-state index contributed by atoms with van der Waals surface area (Å²) in [6.45, 7) is -0.129. The van der Waals surface area contributed by atoms with Crippen LogP contribution in [0.2, 0.25) is 0 Å². The molecule has 5 rings (SSSR count). The molecule has 0 aliphatic heterocycles. The maximum absolute atomic E-state index is 11.0. The Kier molecular flexibility index (Phi) is 6.08. The first-order chi connectivity index (χ1) is 16.7. The molecule has 0 radical (unpaired) electrons. The van der Waals surface area contributed by atoms with Crippen molar-refractivity contribution in [2.45, 2.75) is 12.3 Å². The van der Waals surface area contributed by atoms with Crippen molar-refractivity contribution in [2.75, 3.05) is 11.9 Å². The minimum absolute atomic E-state index is 0.129. The van der Waals surface area contributed by atoms with Gasteiger partial charge in [0.25, 0.3) is 0 Å². The summed E-state index contributed by atoms with van der Waals surface area (Å²) >= 11 is 0. The normalized spacial score (nSPS) is 14.8. The number of carboxylic acid groups (broad SMARTS) is 1. The van der Waals surface area contributed by atoms with Crippen LogP contribution in [-0.4, -0.2) is 27.6 Å². The van der Waals surface area contributed by atoms with E-state index < -0.39 is 5.97 Å². The van der Waals surface area contributed by atoms with Gasteiger partial charge in [-0.15, -0.1) is 0 Å². The summed E-state index contributed by atoms with van der Waals surface area (Å²) in [4.78, 5) is 19.7. The quantitative estimate of drug-likeness (QED) is 0.302. The van der Waals surface area contributed by atoms with Gasteiger partial charge in [-0.05, 0) is 29.7 Å². The lowest BCUT2D eigenvalue weighted by Gasteiger charge is -2.13. The Morgan fingerprint density at radius 3 is 2.47 bits per heavy atom. The van der Waals surface area contributed by atoms with Crippen molar-refractivity contribution in [3.63, 3.8) is 0 Å². The predicted molar refractivity (Wildman–Crippen MR) is 137 cm³/mol. The highest BCUT2D eigenvalue weighted by atomic mass is 16.4. The zero-order valence-corrected chi connectivity index (χ0v) is 18.6. The van der Waals surface area contributed by atoms with Gasteiger partial charge in [-0.1, -0.05) is 91.0 Å². The SMILES string of the molecule is O=C(O)CNc1cccc(-c2ccccc2-c2nc(-c3ccccc3)c(C3C=CC=CC3)[nH]2)c1. The van der Waals surface area contributed by atoms with Crippen molar-refractivity contribution >= 4 is 11.7 Å². The number of H-pyrrole nitrogens is 1. The number of aromatic nitrogens is 2. The minimum atomic E-state index is -0.894. The van der Waals surface area contributed by atoms with Crippen LogP contribution in [0.15, 0.2) is 103 Å². The first-order valence-corrected chi connectivity index (χ1v) is 11.3. The lowest BCUT2D eigenvalue weighted by Crippen LogP contribution is -2.12. The fourth-order valence-electron chi connectivity index (χ4n) is 4.31. The number of aliphatic carboxylic acids is 1. The molecule has 0 amide bonds. The molecule has 0 fully saturated rings. The van der Waals surface area contributed by atoms with E-state index in [0.717, 1.165) is 51.6 Å². The summed E-state index contributed by atoms with van der Waals surface area (Å²) in [6, 6.07) is 26.2. The van der Waals surface area contributed by atoms with E-state index in [-0.39, 0.29) is 12.5 Å². The number of carbonyl (C=O) groups is 1. The van der Waals surface area contributed by atoms with Gasteiger partial charge in [-0.2, -0.15) is 0 Å². The number of anilines is 1. The molecule has 1 aliphatic rings. The van der Waals surface area contributed by atoms with Gasteiger partial charge in [-0.3, -0.25) is 4.79 Å². The average molecular weight is 448 g/mol. The van der Waals surface area contributed by atoms with Crippen LogP contribution in [0.25, 0.3) is 33.8 Å². The number of allylic oxidation sites excluding steroid dienone is 4. The van der Waals surface area contributed by atoms with Gasteiger partial charge in [0.15, 0.2) is 0 Å². The maximum atomic E-state index is 11.0. The van der Waals surface area contributed by atoms with E-state index in [4.69, 9.17) is 10.1 Å². The summed E-state index contributed by atoms with van der Waals surface area (Å²) in [6.07, 6.45) is 9.50. The van der Waals surface area contributed by atoms with Crippen molar-refractivity contribution in [3.8, 4) is 33.8 Å². The highest BCUT2D eigenvalue weighted by Gasteiger charge is 2.21. The van der Waals surface area contributed by atoms with Crippen molar-refractivity contribution in [2.24, 2.45) is 0 Å². The summed E-state index contributed by atoms with van der Waals surface area (Å²) in [5.41, 5.74) is 6.93. The van der Waals surface area contributed by atoms with Gasteiger partial charge in [0.2, 0.25) is 0 Å². The van der Waals surface area contributed by atoms with Crippen LogP contribution >= 0.6 is 0 Å². The highest BCUT2D eigenvalue weighted by Crippen LogP contribution is 2.37. The molecule has 3 aromatic carbocycles. The second-order valence-electron chi connectivity index (χ2n) is 8.24. The molecule has 34 heavy (non-hydrogen) atoms. The summed E-state index contributed by atoms with van der Waals surface area (Å²) in [5.74, 6) is 0.155. The Morgan fingerprint density at radius 1 is 0.941 bits per heavy atom. The van der Waals surface area contributed by atoms with E-state index in [1.165, 1.54) is 0 Å². The number of aromatic amines is 1. The van der Waals surface area contributed by atoms with E-state index in [1.807, 2.05) is 54.6 Å². The van der Waals surface area contributed by atoms with E-state index in [0.29, 0.717) is 0 Å². The van der Waals surface area contributed by atoms with Crippen LogP contribution in [-0.2, 0) is 4.79 Å². The first-order valence-electron chi connectivity index (χ1n) is 11.3. The van der Waals surface area contributed by atoms with Crippen molar-refractivity contribution in [1.82, 2.24) is 9.97 Å².